The molecule has 2 nitrogen and oxygen atoms in total. The highest BCUT2D eigenvalue weighted by molar-refractivity contribution is 6.30. The predicted octanol–water partition coefficient (Wildman–Crippen LogP) is 1.59. The van der Waals surface area contributed by atoms with Crippen LogP contribution in [-0.2, 0) is 0 Å². The molecular weight excluding hydrogens is 148 g/mol. The van der Waals surface area contributed by atoms with Crippen molar-refractivity contribution in [1.82, 2.24) is 0 Å². The van der Waals surface area contributed by atoms with Crippen molar-refractivity contribution >= 4 is 17.3 Å². The molecule has 1 aromatic carbocycles. The zero-order valence-corrected chi connectivity index (χ0v) is 5.81. The summed E-state index contributed by atoms with van der Waals surface area (Å²) in [5.41, 5.74) is 6.08. The summed E-state index contributed by atoms with van der Waals surface area (Å²) in [4.78, 5) is 0. The van der Waals surface area contributed by atoms with Gasteiger partial charge in [-0.25, -0.2) is 0 Å². The van der Waals surface area contributed by atoms with E-state index in [-0.39, 0.29) is 0 Å². The van der Waals surface area contributed by atoms with E-state index in [2.05, 4.69) is 6.07 Å². The normalized spacial score (nSPS) is 8.80. The molecule has 0 aliphatic heterocycles. The van der Waals surface area contributed by atoms with Crippen molar-refractivity contribution in [2.75, 3.05) is 5.73 Å². The summed E-state index contributed by atoms with van der Waals surface area (Å²) < 4.78 is 0. The summed E-state index contributed by atoms with van der Waals surface area (Å²) in [7, 11) is 0. The number of hydrogen-bond donors (Lipinski definition) is 1. The van der Waals surface area contributed by atoms with E-state index in [4.69, 9.17) is 22.6 Å². The molecule has 0 aliphatic carbocycles. The Morgan fingerprint density at radius 3 is 2.80 bits per heavy atom. The average Bonchev–Trinajstić information content (AvgIpc) is 1.88. The number of nitrogen functional groups attached to an aromatic ring is 1. The van der Waals surface area contributed by atoms with Gasteiger partial charge in [-0.3, -0.25) is 0 Å². The van der Waals surface area contributed by atoms with Gasteiger partial charge in [0.15, 0.2) is 0 Å². The van der Waals surface area contributed by atoms with E-state index in [1.165, 1.54) is 0 Å². The third-order valence-electron chi connectivity index (χ3n) is 1.06. The Balaban J connectivity index is 3.23. The van der Waals surface area contributed by atoms with E-state index in [0.29, 0.717) is 16.3 Å². The number of rotatable bonds is 0. The van der Waals surface area contributed by atoms with Gasteiger partial charge in [-0.2, -0.15) is 5.26 Å². The van der Waals surface area contributed by atoms with E-state index in [0.717, 1.165) is 0 Å². The molecule has 0 fully saturated rings. The molecule has 0 saturated heterocycles. The van der Waals surface area contributed by atoms with Crippen molar-refractivity contribution in [3.63, 3.8) is 0 Å². The topological polar surface area (TPSA) is 49.8 Å². The Hall–Kier alpha value is -1.20. The summed E-state index contributed by atoms with van der Waals surface area (Å²) in [6, 6.07) is 7.66. The van der Waals surface area contributed by atoms with E-state index in [1.54, 1.807) is 12.1 Å². The molecule has 0 aliphatic rings. The quantitative estimate of drug-likeness (QED) is 0.573. The smallest absolute Gasteiger partial charge is 0.101 e. The highest BCUT2D eigenvalue weighted by Gasteiger charge is 1.96. The molecular formula is C7H4ClN2. The summed E-state index contributed by atoms with van der Waals surface area (Å²) in [5.74, 6) is 0. The number of anilines is 1. The van der Waals surface area contributed by atoms with Gasteiger partial charge in [0.05, 0.1) is 16.3 Å². The molecule has 0 saturated carbocycles. The van der Waals surface area contributed by atoms with Gasteiger partial charge < -0.3 is 5.73 Å². The summed E-state index contributed by atoms with van der Waals surface area (Å²) >= 11 is 5.53. The average molecular weight is 152 g/mol. The first-order valence-electron chi connectivity index (χ1n) is 2.61. The fourth-order valence-corrected chi connectivity index (χ4v) is 0.746. The van der Waals surface area contributed by atoms with Crippen LogP contribution in [0.15, 0.2) is 12.1 Å². The van der Waals surface area contributed by atoms with Crippen LogP contribution in [0.1, 0.15) is 5.56 Å². The number of hydrogen-bond acceptors (Lipinski definition) is 2. The van der Waals surface area contributed by atoms with Crippen molar-refractivity contribution in [3.05, 3.63) is 28.8 Å². The van der Waals surface area contributed by atoms with E-state index in [1.807, 2.05) is 6.07 Å². The highest BCUT2D eigenvalue weighted by Crippen LogP contribution is 2.15. The number of nitriles is 1. The third kappa shape index (κ3) is 1.20. The van der Waals surface area contributed by atoms with E-state index < -0.39 is 0 Å². The van der Waals surface area contributed by atoms with Gasteiger partial charge >= 0.3 is 0 Å². The van der Waals surface area contributed by atoms with E-state index in [9.17, 15) is 0 Å². The Morgan fingerprint density at radius 1 is 1.60 bits per heavy atom. The lowest BCUT2D eigenvalue weighted by Crippen LogP contribution is -1.89. The number of nitrogens with two attached hydrogens (primary N) is 1. The van der Waals surface area contributed by atoms with Crippen molar-refractivity contribution in [2.45, 2.75) is 0 Å². The van der Waals surface area contributed by atoms with Crippen molar-refractivity contribution < 1.29 is 0 Å². The van der Waals surface area contributed by atoms with Gasteiger partial charge in [0.1, 0.15) is 6.07 Å². The molecule has 1 radical (unpaired) electrons. The Labute approximate surface area is 63.8 Å². The SMILES string of the molecule is N#Cc1ccc(Cl)[c]c1N. The van der Waals surface area contributed by atoms with Crippen LogP contribution in [0.4, 0.5) is 5.69 Å². The fraction of sp³-hybridized carbons (Fsp3) is 0. The fourth-order valence-electron chi connectivity index (χ4n) is 0.581. The Kier molecular flexibility index (Phi) is 1.79. The van der Waals surface area contributed by atoms with Crippen LogP contribution in [0, 0.1) is 17.4 Å². The second kappa shape index (κ2) is 2.59. The van der Waals surface area contributed by atoms with Crippen LogP contribution in [-0.4, -0.2) is 0 Å². The van der Waals surface area contributed by atoms with Crippen LogP contribution < -0.4 is 5.73 Å². The standard InChI is InChI=1S/C7H4ClN2/c8-6-2-1-5(4-9)7(10)3-6/h1-2H,10H2. The van der Waals surface area contributed by atoms with Crippen LogP contribution in [0.5, 0.6) is 0 Å². The van der Waals surface area contributed by atoms with Gasteiger partial charge in [0.2, 0.25) is 0 Å². The minimum Gasteiger partial charge on any atom is -0.397 e. The lowest BCUT2D eigenvalue weighted by atomic mass is 10.2. The molecule has 49 valence electrons. The maximum absolute atomic E-state index is 8.42. The van der Waals surface area contributed by atoms with Crippen molar-refractivity contribution in [2.24, 2.45) is 0 Å². The molecule has 10 heavy (non-hydrogen) atoms. The molecule has 0 bridgehead atoms. The highest BCUT2D eigenvalue weighted by atomic mass is 35.5. The molecule has 0 aromatic heterocycles. The second-order valence-electron chi connectivity index (χ2n) is 1.75. The van der Waals surface area contributed by atoms with Crippen molar-refractivity contribution in [3.8, 4) is 6.07 Å². The minimum atomic E-state index is 0.301. The van der Waals surface area contributed by atoms with Crippen LogP contribution in [0.2, 0.25) is 5.02 Å². The van der Waals surface area contributed by atoms with Crippen LogP contribution >= 0.6 is 11.6 Å². The lowest BCUT2D eigenvalue weighted by Gasteiger charge is -1.94. The van der Waals surface area contributed by atoms with E-state index >= 15 is 0 Å². The molecule has 0 spiro atoms. The van der Waals surface area contributed by atoms with Gasteiger partial charge in [-0.15, -0.1) is 0 Å². The Bertz CT molecular complexity index is 288. The first-order valence-corrected chi connectivity index (χ1v) is 2.99. The molecule has 0 unspecified atom stereocenters. The molecule has 3 heteroatoms. The van der Waals surface area contributed by atoms with Gasteiger partial charge in [0, 0.05) is 6.07 Å². The maximum atomic E-state index is 8.42. The minimum absolute atomic E-state index is 0.301. The molecule has 0 atom stereocenters. The summed E-state index contributed by atoms with van der Waals surface area (Å²) in [5, 5.41) is 8.84. The predicted molar refractivity (Wildman–Crippen MR) is 39.4 cm³/mol. The van der Waals surface area contributed by atoms with Crippen LogP contribution in [0.3, 0.4) is 0 Å². The lowest BCUT2D eigenvalue weighted by molar-refractivity contribution is 1.48. The van der Waals surface area contributed by atoms with Crippen molar-refractivity contribution in [1.29, 1.82) is 5.26 Å². The Morgan fingerprint density at radius 2 is 2.30 bits per heavy atom. The zero-order chi connectivity index (χ0) is 7.56. The van der Waals surface area contributed by atoms with Gasteiger partial charge in [0.25, 0.3) is 0 Å². The van der Waals surface area contributed by atoms with Gasteiger partial charge in [-0.1, -0.05) is 11.6 Å². The maximum Gasteiger partial charge on any atom is 0.101 e. The monoisotopic (exact) mass is 151 g/mol. The number of nitrogens with zero attached hydrogens (tertiary/aromatic N) is 1. The van der Waals surface area contributed by atoms with Crippen LogP contribution in [0.25, 0.3) is 0 Å². The third-order valence-corrected chi connectivity index (χ3v) is 1.28. The molecule has 2 N–H and O–H groups in total. The number of benzene rings is 1. The summed E-state index contributed by atoms with van der Waals surface area (Å²) in [6.07, 6.45) is 0. The summed E-state index contributed by atoms with van der Waals surface area (Å²) in [6.45, 7) is 0. The number of halogens is 1. The molecule has 0 amide bonds. The molecule has 1 aromatic rings. The second-order valence-corrected chi connectivity index (χ2v) is 2.15. The van der Waals surface area contributed by atoms with Gasteiger partial charge in [-0.05, 0) is 12.1 Å². The largest absolute Gasteiger partial charge is 0.397 e. The molecule has 0 heterocycles. The first kappa shape index (κ1) is 6.91. The first-order chi connectivity index (χ1) is 4.74. The zero-order valence-electron chi connectivity index (χ0n) is 5.06. The molecule has 1 rings (SSSR count).